The molecule has 2 aromatic carbocycles. The fraction of sp³-hybridized carbons (Fsp3) is 0.391. The highest BCUT2D eigenvalue weighted by Gasteiger charge is 2.15. The summed E-state index contributed by atoms with van der Waals surface area (Å²) in [6.45, 7) is 6.31. The van der Waals surface area contributed by atoms with Gasteiger partial charge in [0.25, 0.3) is 5.91 Å². The molecular formula is C23H29N3O2. The summed E-state index contributed by atoms with van der Waals surface area (Å²) in [4.78, 5) is 26.7. The van der Waals surface area contributed by atoms with Gasteiger partial charge in [0.15, 0.2) is 0 Å². The van der Waals surface area contributed by atoms with Gasteiger partial charge in [0.05, 0.1) is 0 Å². The van der Waals surface area contributed by atoms with E-state index >= 15 is 0 Å². The van der Waals surface area contributed by atoms with Crippen molar-refractivity contribution in [2.75, 3.05) is 29.9 Å². The summed E-state index contributed by atoms with van der Waals surface area (Å²) in [7, 11) is 0. The van der Waals surface area contributed by atoms with Crippen molar-refractivity contribution in [3.05, 3.63) is 59.7 Å². The van der Waals surface area contributed by atoms with Crippen LogP contribution in [0.5, 0.6) is 0 Å². The van der Waals surface area contributed by atoms with E-state index in [2.05, 4.69) is 39.8 Å². The maximum Gasteiger partial charge on any atom is 0.251 e. The van der Waals surface area contributed by atoms with Crippen molar-refractivity contribution in [1.29, 1.82) is 0 Å². The summed E-state index contributed by atoms with van der Waals surface area (Å²) in [5, 5.41) is 5.82. The summed E-state index contributed by atoms with van der Waals surface area (Å²) in [5.74, 6) is -0.267. The highest BCUT2D eigenvalue weighted by Crippen LogP contribution is 2.26. The maximum absolute atomic E-state index is 12.4. The molecule has 5 nitrogen and oxygen atoms in total. The van der Waals surface area contributed by atoms with Gasteiger partial charge in [0.2, 0.25) is 5.91 Å². The molecule has 0 radical (unpaired) electrons. The molecule has 2 amide bonds. The van der Waals surface area contributed by atoms with Crippen LogP contribution in [0.4, 0.5) is 11.4 Å². The molecule has 0 saturated carbocycles. The Morgan fingerprint density at radius 3 is 2.75 bits per heavy atom. The molecule has 0 bridgehead atoms. The molecule has 0 aliphatic carbocycles. The van der Waals surface area contributed by atoms with Crippen LogP contribution in [0.25, 0.3) is 0 Å². The lowest BCUT2D eigenvalue weighted by Crippen LogP contribution is -2.33. The Morgan fingerprint density at radius 2 is 1.93 bits per heavy atom. The maximum atomic E-state index is 12.4. The van der Waals surface area contributed by atoms with Gasteiger partial charge in [-0.3, -0.25) is 9.59 Å². The van der Waals surface area contributed by atoms with Gasteiger partial charge in [0.1, 0.15) is 0 Å². The fourth-order valence-corrected chi connectivity index (χ4v) is 3.44. The van der Waals surface area contributed by atoms with Gasteiger partial charge in [-0.05, 0) is 49.1 Å². The molecule has 0 fully saturated rings. The van der Waals surface area contributed by atoms with E-state index in [9.17, 15) is 9.59 Å². The van der Waals surface area contributed by atoms with Gasteiger partial charge in [-0.2, -0.15) is 0 Å². The molecule has 5 heteroatoms. The van der Waals surface area contributed by atoms with E-state index in [1.165, 1.54) is 17.7 Å². The molecule has 0 aromatic heterocycles. The molecular weight excluding hydrogens is 350 g/mol. The van der Waals surface area contributed by atoms with Crippen LogP contribution in [0.3, 0.4) is 0 Å². The molecule has 0 unspecified atom stereocenters. The smallest absolute Gasteiger partial charge is 0.251 e. The molecule has 28 heavy (non-hydrogen) atoms. The van der Waals surface area contributed by atoms with Crippen LogP contribution in [0, 0.1) is 5.92 Å². The first-order chi connectivity index (χ1) is 13.5. The summed E-state index contributed by atoms with van der Waals surface area (Å²) >= 11 is 0. The highest BCUT2D eigenvalue weighted by atomic mass is 16.2. The average molecular weight is 380 g/mol. The number of benzene rings is 2. The molecule has 2 N–H and O–H groups in total. The Hall–Kier alpha value is -2.82. The first-order valence-corrected chi connectivity index (χ1v) is 10.1. The molecule has 3 rings (SSSR count). The predicted octanol–water partition coefficient (Wildman–Crippen LogP) is 3.85. The zero-order valence-corrected chi connectivity index (χ0v) is 16.7. The van der Waals surface area contributed by atoms with Crippen LogP contribution in [0.2, 0.25) is 0 Å². The lowest BCUT2D eigenvalue weighted by molar-refractivity contribution is -0.118. The molecule has 0 spiro atoms. The van der Waals surface area contributed by atoms with Crippen LogP contribution in [0.15, 0.2) is 48.5 Å². The number of hydrogen-bond donors (Lipinski definition) is 2. The number of aryl methyl sites for hydroxylation is 1. The fourth-order valence-electron chi connectivity index (χ4n) is 3.44. The second-order valence-corrected chi connectivity index (χ2v) is 7.55. The van der Waals surface area contributed by atoms with E-state index in [1.807, 2.05) is 13.8 Å². The number of para-hydroxylation sites is 1. The third-order valence-corrected chi connectivity index (χ3v) is 5.01. The largest absolute Gasteiger partial charge is 0.371 e. The Balaban J connectivity index is 1.48. The minimum atomic E-state index is -0.111. The standard InChI is InChI=1S/C23H29N3O2/c1-17(2)22(27)25-20-11-5-9-19(16-20)23(28)24-13-7-15-26-14-6-10-18-8-3-4-12-21(18)26/h3-5,8-9,11-12,16-17H,6-7,10,13-15H2,1-2H3,(H,24,28)(H,25,27). The molecule has 1 heterocycles. The summed E-state index contributed by atoms with van der Waals surface area (Å²) in [6, 6.07) is 15.6. The van der Waals surface area contributed by atoms with Crippen LogP contribution in [-0.4, -0.2) is 31.4 Å². The van der Waals surface area contributed by atoms with Crippen molar-refractivity contribution in [2.45, 2.75) is 33.1 Å². The van der Waals surface area contributed by atoms with E-state index in [0.29, 0.717) is 17.8 Å². The third-order valence-electron chi connectivity index (χ3n) is 5.01. The molecule has 0 saturated heterocycles. The summed E-state index contributed by atoms with van der Waals surface area (Å²) < 4.78 is 0. The Labute approximate surface area is 167 Å². The topological polar surface area (TPSA) is 61.4 Å². The number of fused-ring (bicyclic) bond motifs is 1. The number of rotatable bonds is 7. The van der Waals surface area contributed by atoms with E-state index < -0.39 is 0 Å². The number of nitrogens with zero attached hydrogens (tertiary/aromatic N) is 1. The average Bonchev–Trinajstić information content (AvgIpc) is 2.71. The van der Waals surface area contributed by atoms with Gasteiger partial charge in [-0.25, -0.2) is 0 Å². The van der Waals surface area contributed by atoms with Gasteiger partial charge in [0, 0.05) is 42.5 Å². The highest BCUT2D eigenvalue weighted by molar-refractivity contribution is 5.97. The lowest BCUT2D eigenvalue weighted by Gasteiger charge is -2.31. The minimum absolute atomic E-state index is 0.0561. The second-order valence-electron chi connectivity index (χ2n) is 7.55. The van der Waals surface area contributed by atoms with Gasteiger partial charge in [-0.1, -0.05) is 38.1 Å². The third kappa shape index (κ3) is 5.12. The zero-order valence-electron chi connectivity index (χ0n) is 16.7. The van der Waals surface area contributed by atoms with Crippen LogP contribution >= 0.6 is 0 Å². The Kier molecular flexibility index (Phi) is 6.69. The van der Waals surface area contributed by atoms with Crippen LogP contribution < -0.4 is 15.5 Å². The van der Waals surface area contributed by atoms with E-state index in [1.54, 1.807) is 24.3 Å². The number of anilines is 2. The Morgan fingerprint density at radius 1 is 1.11 bits per heavy atom. The predicted molar refractivity (Wildman–Crippen MR) is 114 cm³/mol. The van der Waals surface area contributed by atoms with Gasteiger partial charge < -0.3 is 15.5 Å². The van der Waals surface area contributed by atoms with E-state index in [0.717, 1.165) is 25.9 Å². The first kappa shape index (κ1) is 19.9. The van der Waals surface area contributed by atoms with Gasteiger partial charge >= 0.3 is 0 Å². The molecule has 0 atom stereocenters. The number of nitrogens with one attached hydrogen (secondary N) is 2. The van der Waals surface area contributed by atoms with Crippen molar-refractivity contribution in [3.8, 4) is 0 Å². The van der Waals surface area contributed by atoms with Crippen molar-refractivity contribution in [2.24, 2.45) is 5.92 Å². The van der Waals surface area contributed by atoms with Crippen molar-refractivity contribution in [1.82, 2.24) is 5.32 Å². The second kappa shape index (κ2) is 9.40. The van der Waals surface area contributed by atoms with E-state index in [-0.39, 0.29) is 17.7 Å². The number of amides is 2. The van der Waals surface area contributed by atoms with Gasteiger partial charge in [-0.15, -0.1) is 0 Å². The van der Waals surface area contributed by atoms with Crippen molar-refractivity contribution in [3.63, 3.8) is 0 Å². The van der Waals surface area contributed by atoms with Crippen LogP contribution in [0.1, 0.15) is 42.6 Å². The number of hydrogen-bond acceptors (Lipinski definition) is 3. The van der Waals surface area contributed by atoms with Crippen molar-refractivity contribution >= 4 is 23.2 Å². The molecule has 2 aromatic rings. The zero-order chi connectivity index (χ0) is 19.9. The summed E-state index contributed by atoms with van der Waals surface area (Å²) in [5.41, 5.74) is 3.95. The lowest BCUT2D eigenvalue weighted by atomic mass is 10.0. The minimum Gasteiger partial charge on any atom is -0.371 e. The SMILES string of the molecule is CC(C)C(=O)Nc1cccc(C(=O)NCCCN2CCCc3ccccc32)c1. The van der Waals surface area contributed by atoms with Crippen LogP contribution in [-0.2, 0) is 11.2 Å². The molecule has 148 valence electrons. The normalized spacial score (nSPS) is 13.2. The number of carbonyl (C=O) groups is 2. The molecule has 1 aliphatic rings. The summed E-state index contributed by atoms with van der Waals surface area (Å²) in [6.07, 6.45) is 3.22. The molecule has 1 aliphatic heterocycles. The first-order valence-electron chi connectivity index (χ1n) is 10.1. The Bertz CT molecular complexity index is 832. The van der Waals surface area contributed by atoms with E-state index in [4.69, 9.17) is 0 Å². The number of carbonyl (C=O) groups excluding carboxylic acids is 2. The quantitative estimate of drug-likeness (QED) is 0.718. The monoisotopic (exact) mass is 379 g/mol. The van der Waals surface area contributed by atoms with Crippen molar-refractivity contribution < 1.29 is 9.59 Å².